The van der Waals surface area contributed by atoms with Gasteiger partial charge in [0.15, 0.2) is 18.1 Å². The van der Waals surface area contributed by atoms with Crippen molar-refractivity contribution in [3.63, 3.8) is 0 Å². The van der Waals surface area contributed by atoms with Crippen molar-refractivity contribution < 1.29 is 13.3 Å². The Kier molecular flexibility index (Phi) is 10.8. The molecule has 0 aliphatic carbocycles. The third kappa shape index (κ3) is 6.62. The lowest BCUT2D eigenvalue weighted by Crippen LogP contribution is -2.64. The summed E-state index contributed by atoms with van der Waals surface area (Å²) in [4.78, 5) is 0. The molecule has 0 fully saturated rings. The largest absolute Gasteiger partial charge is 0.418 e. The van der Waals surface area contributed by atoms with E-state index < -0.39 is 35.2 Å². The van der Waals surface area contributed by atoms with Crippen LogP contribution in [0.15, 0.2) is 0 Å². The van der Waals surface area contributed by atoms with Crippen LogP contribution in [-0.2, 0) is 13.3 Å². The molecular weight excluding hydrogens is 425 g/mol. The van der Waals surface area contributed by atoms with Gasteiger partial charge < -0.3 is 13.3 Å². The Balaban J connectivity index is 5.91. The summed E-state index contributed by atoms with van der Waals surface area (Å²) in [5.74, 6) is 0. The highest BCUT2D eigenvalue weighted by atomic mass is 28.4. The van der Waals surface area contributed by atoms with Gasteiger partial charge in [-0.25, -0.2) is 0 Å². The average molecular weight is 479 g/mol. The Hall–Kier alpha value is 0.748. The lowest BCUT2D eigenvalue weighted by Gasteiger charge is -2.55. The lowest BCUT2D eigenvalue weighted by atomic mass is 9.89. The zero-order chi connectivity index (χ0) is 23.5. The molecule has 176 valence electrons. The van der Waals surface area contributed by atoms with Crippen molar-refractivity contribution in [1.82, 2.24) is 0 Å². The summed E-state index contributed by atoms with van der Waals surface area (Å²) in [6.45, 7) is 35.1. The van der Waals surface area contributed by atoms with Gasteiger partial charge in [-0.2, -0.15) is 0 Å². The molecule has 0 aromatic carbocycles. The molecular formula is C22H54O3Si4. The minimum absolute atomic E-state index is 0.0235. The van der Waals surface area contributed by atoms with E-state index >= 15 is 0 Å². The van der Waals surface area contributed by atoms with Crippen molar-refractivity contribution in [2.45, 2.75) is 142 Å². The first-order chi connectivity index (χ1) is 12.9. The predicted molar refractivity (Wildman–Crippen MR) is 142 cm³/mol. The third-order valence-corrected chi connectivity index (χ3v) is 20.3. The minimum Gasteiger partial charge on any atom is -0.418 e. The van der Waals surface area contributed by atoms with Crippen LogP contribution in [0.25, 0.3) is 0 Å². The van der Waals surface area contributed by atoms with Crippen LogP contribution < -0.4 is 0 Å². The summed E-state index contributed by atoms with van der Waals surface area (Å²) in [7, 11) is -5.74. The van der Waals surface area contributed by atoms with Crippen molar-refractivity contribution in [1.29, 1.82) is 0 Å². The fraction of sp³-hybridized carbons (Fsp3) is 1.00. The van der Waals surface area contributed by atoms with Crippen LogP contribution >= 0.6 is 0 Å². The summed E-state index contributed by atoms with van der Waals surface area (Å²) >= 11 is 0. The van der Waals surface area contributed by atoms with Gasteiger partial charge in [0.25, 0.3) is 0 Å². The standard InChI is InChI=1S/C22H54O3Si4/c1-16-20(6,25-29(14,15)22(8,18-3)24-27(11)12)19(4,5)28(13)23-21(7,17-2)26(9)10/h26-28H,16-18H2,1-15H3/t20?,21-,22?,28?/m0/s1. The van der Waals surface area contributed by atoms with Gasteiger partial charge >= 0.3 is 0 Å². The zero-order valence-corrected chi connectivity index (χ0v) is 27.0. The number of hydrogen-bond acceptors (Lipinski definition) is 3. The monoisotopic (exact) mass is 478 g/mol. The summed E-state index contributed by atoms with van der Waals surface area (Å²) in [5.41, 5.74) is -0.208. The second kappa shape index (κ2) is 10.6. The Bertz CT molecular complexity index is 512. The molecule has 0 saturated heterocycles. The van der Waals surface area contributed by atoms with Crippen molar-refractivity contribution in [3.05, 3.63) is 0 Å². The van der Waals surface area contributed by atoms with Crippen molar-refractivity contribution in [2.24, 2.45) is 0 Å². The quantitative estimate of drug-likeness (QED) is 0.285. The van der Waals surface area contributed by atoms with Crippen LogP contribution in [0.5, 0.6) is 0 Å². The van der Waals surface area contributed by atoms with E-state index in [9.17, 15) is 0 Å². The molecule has 0 radical (unpaired) electrons. The van der Waals surface area contributed by atoms with Gasteiger partial charge in [0.05, 0.1) is 19.6 Å². The van der Waals surface area contributed by atoms with Gasteiger partial charge in [0.1, 0.15) is 0 Å². The molecule has 29 heavy (non-hydrogen) atoms. The maximum atomic E-state index is 7.23. The average Bonchev–Trinajstić information content (AvgIpc) is 2.59. The van der Waals surface area contributed by atoms with E-state index in [1.54, 1.807) is 0 Å². The number of hydrogen-bond donors (Lipinski definition) is 0. The van der Waals surface area contributed by atoms with Gasteiger partial charge in [-0.3, -0.25) is 0 Å². The first kappa shape index (κ1) is 29.7. The maximum Gasteiger partial charge on any atom is 0.217 e. The molecule has 3 nitrogen and oxygen atoms in total. The Labute approximate surface area is 189 Å². The summed E-state index contributed by atoms with van der Waals surface area (Å²) in [5, 5.41) is -0.0429. The fourth-order valence-electron chi connectivity index (χ4n) is 4.11. The summed E-state index contributed by atoms with van der Waals surface area (Å²) in [6, 6.07) is 0. The molecule has 0 aliphatic heterocycles. The first-order valence-corrected chi connectivity index (χ1v) is 22.7. The van der Waals surface area contributed by atoms with E-state index in [2.05, 4.69) is 101 Å². The normalized spacial score (nSPS) is 21.0. The molecule has 7 heteroatoms. The van der Waals surface area contributed by atoms with E-state index in [-0.39, 0.29) is 21.1 Å². The molecule has 0 aromatic heterocycles. The molecule has 3 unspecified atom stereocenters. The molecule has 0 aliphatic rings. The van der Waals surface area contributed by atoms with Crippen LogP contribution in [0.3, 0.4) is 0 Å². The zero-order valence-electron chi connectivity index (χ0n) is 22.6. The highest BCUT2D eigenvalue weighted by Gasteiger charge is 2.54. The van der Waals surface area contributed by atoms with Gasteiger partial charge in [-0.05, 0) is 72.8 Å². The van der Waals surface area contributed by atoms with Crippen molar-refractivity contribution in [3.8, 4) is 0 Å². The summed E-state index contributed by atoms with van der Waals surface area (Å²) < 4.78 is 20.8. The topological polar surface area (TPSA) is 27.7 Å². The maximum absolute atomic E-state index is 7.23. The highest BCUT2D eigenvalue weighted by molar-refractivity contribution is 6.75. The van der Waals surface area contributed by atoms with Gasteiger partial charge in [0.2, 0.25) is 8.32 Å². The number of rotatable bonds is 13. The van der Waals surface area contributed by atoms with E-state index in [0.29, 0.717) is 0 Å². The third-order valence-electron chi connectivity index (χ3n) is 8.35. The second-order valence-electron chi connectivity index (χ2n) is 11.3. The van der Waals surface area contributed by atoms with Crippen LogP contribution in [-0.4, -0.2) is 51.2 Å². The van der Waals surface area contributed by atoms with E-state index in [1.165, 1.54) is 0 Å². The van der Waals surface area contributed by atoms with Crippen LogP contribution in [0.4, 0.5) is 0 Å². The Morgan fingerprint density at radius 1 is 0.724 bits per heavy atom. The SMILES string of the molecule is CCC(C)(O[Si](C)(C)C(C)(CC)O[SiH](C)C)C(C)(C)[SiH](C)O[C@](C)(CC)[SiH](C)C. The van der Waals surface area contributed by atoms with E-state index in [0.717, 1.165) is 19.3 Å². The second-order valence-corrected chi connectivity index (χ2v) is 24.4. The highest BCUT2D eigenvalue weighted by Crippen LogP contribution is 2.50. The molecule has 0 heterocycles. The summed E-state index contributed by atoms with van der Waals surface area (Å²) in [6.07, 6.45) is 3.11. The smallest absolute Gasteiger partial charge is 0.217 e. The van der Waals surface area contributed by atoms with Crippen LogP contribution in [0, 0.1) is 0 Å². The Morgan fingerprint density at radius 2 is 1.21 bits per heavy atom. The molecule has 0 aromatic rings. The van der Waals surface area contributed by atoms with E-state index in [1.807, 2.05) is 0 Å². The molecule has 0 rings (SSSR count). The molecule has 0 N–H and O–H groups in total. The fourth-order valence-corrected chi connectivity index (χ4v) is 14.8. The molecule has 0 amide bonds. The van der Waals surface area contributed by atoms with E-state index in [4.69, 9.17) is 13.3 Å². The van der Waals surface area contributed by atoms with Gasteiger partial charge in [-0.15, -0.1) is 0 Å². The molecule has 4 atom stereocenters. The van der Waals surface area contributed by atoms with Gasteiger partial charge in [0, 0.05) is 10.3 Å². The Morgan fingerprint density at radius 3 is 1.52 bits per heavy atom. The van der Waals surface area contributed by atoms with Crippen LogP contribution in [0.1, 0.15) is 74.7 Å². The molecule has 0 saturated carbocycles. The lowest BCUT2D eigenvalue weighted by molar-refractivity contribution is -0.000324. The minimum atomic E-state index is -2.13. The van der Waals surface area contributed by atoms with Crippen molar-refractivity contribution >= 4 is 35.2 Å². The van der Waals surface area contributed by atoms with Gasteiger partial charge in [-0.1, -0.05) is 47.7 Å². The molecule has 0 spiro atoms. The van der Waals surface area contributed by atoms with Crippen molar-refractivity contribution in [2.75, 3.05) is 0 Å². The first-order valence-electron chi connectivity index (χ1n) is 11.9. The predicted octanol–water partition coefficient (Wildman–Crippen LogP) is 6.43. The van der Waals surface area contributed by atoms with Crippen LogP contribution in [0.2, 0.25) is 50.9 Å². The molecule has 0 bridgehead atoms.